The number of pyridine rings is 1. The number of carbonyl (C=O) groups excluding carboxylic acids is 2. The number of para-hydroxylation sites is 1. The van der Waals surface area contributed by atoms with Crippen LogP contribution < -0.4 is 10.1 Å². The van der Waals surface area contributed by atoms with Crippen molar-refractivity contribution >= 4 is 23.2 Å². The molecule has 2 aliphatic heterocycles. The summed E-state index contributed by atoms with van der Waals surface area (Å²) in [5, 5.41) is 4.21. The lowest BCUT2D eigenvalue weighted by molar-refractivity contribution is -0.111. The van der Waals surface area contributed by atoms with Crippen LogP contribution in [-0.2, 0) is 11.2 Å². The number of ether oxygens (including phenoxy) is 1. The molecule has 152 valence electrons. The van der Waals surface area contributed by atoms with E-state index in [1.807, 2.05) is 32.0 Å². The SMILES string of the molecule is Cc1nc2ccccc2c2c1O[C@]1(CC2)CC(C=O)N(C(=O)NC(C)C2CC2)C1. The maximum Gasteiger partial charge on any atom is 0.318 e. The molecule has 1 aliphatic carbocycles. The zero-order valence-electron chi connectivity index (χ0n) is 17.0. The number of hydrogen-bond acceptors (Lipinski definition) is 4. The summed E-state index contributed by atoms with van der Waals surface area (Å²) in [7, 11) is 0. The molecule has 2 unspecified atom stereocenters. The van der Waals surface area contributed by atoms with E-state index in [0.717, 1.165) is 41.5 Å². The van der Waals surface area contributed by atoms with Crippen LogP contribution >= 0.6 is 0 Å². The van der Waals surface area contributed by atoms with Crippen molar-refractivity contribution < 1.29 is 14.3 Å². The highest BCUT2D eigenvalue weighted by Crippen LogP contribution is 2.44. The van der Waals surface area contributed by atoms with E-state index in [9.17, 15) is 9.59 Å². The number of benzene rings is 1. The Morgan fingerprint density at radius 1 is 1.38 bits per heavy atom. The molecule has 0 radical (unpaired) electrons. The molecule has 6 heteroatoms. The van der Waals surface area contributed by atoms with Gasteiger partial charge in [-0.05, 0) is 51.5 Å². The van der Waals surface area contributed by atoms with E-state index in [0.29, 0.717) is 18.9 Å². The highest BCUT2D eigenvalue weighted by Gasteiger charge is 2.50. The summed E-state index contributed by atoms with van der Waals surface area (Å²) in [5.74, 6) is 1.40. The first kappa shape index (κ1) is 18.4. The predicted octanol–water partition coefficient (Wildman–Crippen LogP) is 3.39. The van der Waals surface area contributed by atoms with Gasteiger partial charge in [0.1, 0.15) is 17.6 Å². The first-order valence-corrected chi connectivity index (χ1v) is 10.6. The van der Waals surface area contributed by atoms with E-state index < -0.39 is 11.6 Å². The van der Waals surface area contributed by atoms with Gasteiger partial charge in [0.15, 0.2) is 0 Å². The third kappa shape index (κ3) is 3.15. The van der Waals surface area contributed by atoms with Gasteiger partial charge in [-0.15, -0.1) is 0 Å². The smallest absolute Gasteiger partial charge is 0.318 e. The van der Waals surface area contributed by atoms with Gasteiger partial charge in [0, 0.05) is 23.4 Å². The van der Waals surface area contributed by atoms with E-state index >= 15 is 0 Å². The minimum Gasteiger partial charge on any atom is -0.483 e. The van der Waals surface area contributed by atoms with E-state index in [2.05, 4.69) is 11.4 Å². The fourth-order valence-corrected chi connectivity index (χ4v) is 4.98. The minimum atomic E-state index is -0.520. The number of fused-ring (bicyclic) bond motifs is 3. The molecule has 1 N–H and O–H groups in total. The lowest BCUT2D eigenvalue weighted by Crippen LogP contribution is -2.49. The number of hydrogen-bond donors (Lipinski definition) is 1. The molecule has 29 heavy (non-hydrogen) atoms. The van der Waals surface area contributed by atoms with Gasteiger partial charge >= 0.3 is 6.03 Å². The Hall–Kier alpha value is -2.63. The van der Waals surface area contributed by atoms with E-state index in [4.69, 9.17) is 9.72 Å². The monoisotopic (exact) mass is 393 g/mol. The molecule has 1 saturated heterocycles. The van der Waals surface area contributed by atoms with Crippen molar-refractivity contribution in [2.24, 2.45) is 5.92 Å². The number of aromatic nitrogens is 1. The number of nitrogens with one attached hydrogen (secondary N) is 1. The zero-order valence-corrected chi connectivity index (χ0v) is 17.0. The molecule has 2 amide bonds. The van der Waals surface area contributed by atoms with Crippen LogP contribution in [0.4, 0.5) is 4.79 Å². The maximum atomic E-state index is 12.9. The summed E-state index contributed by atoms with van der Waals surface area (Å²) < 4.78 is 6.55. The Labute approximate surface area is 170 Å². The molecular weight excluding hydrogens is 366 g/mol. The van der Waals surface area contributed by atoms with Crippen LogP contribution in [0.15, 0.2) is 24.3 Å². The largest absolute Gasteiger partial charge is 0.483 e. The molecule has 1 spiro atoms. The Kier molecular flexibility index (Phi) is 4.26. The molecule has 1 aromatic carbocycles. The van der Waals surface area contributed by atoms with Gasteiger partial charge in [-0.2, -0.15) is 0 Å². The van der Waals surface area contributed by atoms with Crippen LogP contribution in [0, 0.1) is 12.8 Å². The first-order valence-electron chi connectivity index (χ1n) is 10.6. The molecule has 1 aromatic heterocycles. The van der Waals surface area contributed by atoms with E-state index in [-0.39, 0.29) is 12.1 Å². The van der Waals surface area contributed by atoms with Crippen molar-refractivity contribution in [3.63, 3.8) is 0 Å². The van der Waals surface area contributed by atoms with Gasteiger partial charge in [-0.3, -0.25) is 0 Å². The molecule has 2 fully saturated rings. The van der Waals surface area contributed by atoms with Crippen LogP contribution in [0.2, 0.25) is 0 Å². The average Bonchev–Trinajstić information content (AvgIpc) is 3.51. The zero-order chi connectivity index (χ0) is 20.2. The summed E-state index contributed by atoms with van der Waals surface area (Å²) >= 11 is 0. The summed E-state index contributed by atoms with van der Waals surface area (Å²) in [4.78, 5) is 31.0. The van der Waals surface area contributed by atoms with Crippen LogP contribution in [0.1, 0.15) is 43.9 Å². The number of urea groups is 1. The molecule has 3 atom stereocenters. The second kappa shape index (κ2) is 6.71. The summed E-state index contributed by atoms with van der Waals surface area (Å²) in [6.07, 6.45) is 5.41. The van der Waals surface area contributed by atoms with Crippen LogP contribution in [-0.4, -0.2) is 46.4 Å². The van der Waals surface area contributed by atoms with E-state index in [1.54, 1.807) is 4.90 Å². The second-order valence-electron chi connectivity index (χ2n) is 8.92. The van der Waals surface area contributed by atoms with Crippen molar-refractivity contribution in [3.05, 3.63) is 35.5 Å². The Balaban J connectivity index is 1.41. The Morgan fingerprint density at radius 2 is 2.17 bits per heavy atom. The quantitative estimate of drug-likeness (QED) is 0.812. The topological polar surface area (TPSA) is 71.5 Å². The number of amides is 2. The van der Waals surface area contributed by atoms with Gasteiger partial charge < -0.3 is 19.7 Å². The fraction of sp³-hybridized carbons (Fsp3) is 0.522. The Bertz CT molecular complexity index is 987. The number of nitrogens with zero attached hydrogens (tertiary/aromatic N) is 2. The van der Waals surface area contributed by atoms with Crippen LogP contribution in [0.25, 0.3) is 10.9 Å². The van der Waals surface area contributed by atoms with Crippen molar-refractivity contribution in [2.45, 2.75) is 63.6 Å². The van der Waals surface area contributed by atoms with Crippen molar-refractivity contribution in [1.82, 2.24) is 15.2 Å². The normalized spacial score (nSPS) is 26.8. The summed E-state index contributed by atoms with van der Waals surface area (Å²) in [5.41, 5.74) is 2.51. The van der Waals surface area contributed by atoms with Gasteiger partial charge in [0.25, 0.3) is 0 Å². The number of carbonyl (C=O) groups is 2. The molecule has 3 heterocycles. The lowest BCUT2D eigenvalue weighted by atomic mass is 9.87. The number of rotatable bonds is 3. The van der Waals surface area contributed by atoms with Crippen molar-refractivity contribution in [2.75, 3.05) is 6.54 Å². The molecule has 1 saturated carbocycles. The summed E-state index contributed by atoms with van der Waals surface area (Å²) in [6.45, 7) is 4.45. The van der Waals surface area contributed by atoms with Gasteiger partial charge in [-0.25, -0.2) is 9.78 Å². The highest BCUT2D eigenvalue weighted by atomic mass is 16.5. The first-order chi connectivity index (χ1) is 14.0. The van der Waals surface area contributed by atoms with Crippen LogP contribution in [0.3, 0.4) is 0 Å². The number of likely N-dealkylation sites (tertiary alicyclic amines) is 1. The van der Waals surface area contributed by atoms with Crippen LogP contribution in [0.5, 0.6) is 5.75 Å². The maximum absolute atomic E-state index is 12.9. The fourth-order valence-electron chi connectivity index (χ4n) is 4.98. The molecule has 6 nitrogen and oxygen atoms in total. The molecule has 0 bridgehead atoms. The molecular formula is C23H27N3O3. The molecule has 3 aliphatic rings. The van der Waals surface area contributed by atoms with Gasteiger partial charge in [0.2, 0.25) is 0 Å². The second-order valence-corrected chi connectivity index (χ2v) is 8.92. The lowest BCUT2D eigenvalue weighted by Gasteiger charge is -2.36. The van der Waals surface area contributed by atoms with Crippen molar-refractivity contribution in [3.8, 4) is 5.75 Å². The highest BCUT2D eigenvalue weighted by molar-refractivity contribution is 5.85. The molecule has 2 aromatic rings. The Morgan fingerprint density at radius 3 is 2.93 bits per heavy atom. The number of aldehydes is 1. The molecule has 5 rings (SSSR count). The standard InChI is InChI=1S/C23H27N3O3/c1-14(16-7-8-16)25-22(28)26-13-23(11-17(26)12-27)10-9-19-18-5-3-4-6-20(18)24-15(2)21(19)29-23/h3-6,12,14,16-17H,7-11,13H2,1-2H3,(H,25,28)/t14?,17?,23-/m1/s1. The third-order valence-corrected chi connectivity index (χ3v) is 6.81. The van der Waals surface area contributed by atoms with Gasteiger partial charge in [-0.1, -0.05) is 18.2 Å². The average molecular weight is 393 g/mol. The number of aryl methyl sites for hydroxylation is 2. The van der Waals surface area contributed by atoms with Gasteiger partial charge in [0.05, 0.1) is 23.8 Å². The minimum absolute atomic E-state index is 0.150. The van der Waals surface area contributed by atoms with Crippen molar-refractivity contribution in [1.29, 1.82) is 0 Å². The predicted molar refractivity (Wildman–Crippen MR) is 110 cm³/mol. The summed E-state index contributed by atoms with van der Waals surface area (Å²) in [6, 6.07) is 7.68. The third-order valence-electron chi connectivity index (χ3n) is 6.81. The van der Waals surface area contributed by atoms with E-state index in [1.165, 1.54) is 18.4 Å².